The van der Waals surface area contributed by atoms with Crippen LogP contribution in [-0.2, 0) is 0 Å². The van der Waals surface area contributed by atoms with E-state index in [4.69, 9.17) is 4.74 Å². The summed E-state index contributed by atoms with van der Waals surface area (Å²) in [5, 5.41) is 1.26. The van der Waals surface area contributed by atoms with Crippen LogP contribution in [0.2, 0.25) is 0 Å². The van der Waals surface area contributed by atoms with Gasteiger partial charge in [0.25, 0.3) is 11.8 Å². The summed E-state index contributed by atoms with van der Waals surface area (Å²) in [4.78, 5) is 25.8. The van der Waals surface area contributed by atoms with Gasteiger partial charge in [-0.25, -0.2) is 9.40 Å². The van der Waals surface area contributed by atoms with Crippen molar-refractivity contribution in [2.24, 2.45) is 0 Å². The molecule has 0 unspecified atom stereocenters. The predicted octanol–water partition coefficient (Wildman–Crippen LogP) is 4.04. The Balaban J connectivity index is 2.36. The normalized spacial score (nSPS) is 11.1. The number of hydrazine groups is 1. The Labute approximate surface area is 159 Å². The van der Waals surface area contributed by atoms with Gasteiger partial charge in [-0.2, -0.15) is 0 Å². The molecule has 0 saturated carbocycles. The van der Waals surface area contributed by atoms with Crippen LogP contribution in [0.15, 0.2) is 36.4 Å². The third kappa shape index (κ3) is 4.45. The number of hydrogen-bond donors (Lipinski definition) is 1. The second-order valence-electron chi connectivity index (χ2n) is 7.35. The zero-order valence-corrected chi connectivity index (χ0v) is 16.5. The van der Waals surface area contributed by atoms with E-state index < -0.39 is 17.4 Å². The summed E-state index contributed by atoms with van der Waals surface area (Å²) in [6, 6.07) is 9.27. The van der Waals surface area contributed by atoms with E-state index >= 15 is 0 Å². The molecule has 2 aromatic rings. The van der Waals surface area contributed by atoms with Gasteiger partial charge in [-0.15, -0.1) is 0 Å². The van der Waals surface area contributed by atoms with Crippen LogP contribution in [0.3, 0.4) is 0 Å². The van der Waals surface area contributed by atoms with Gasteiger partial charge < -0.3 is 4.74 Å². The molecule has 5 nitrogen and oxygen atoms in total. The van der Waals surface area contributed by atoms with Crippen LogP contribution in [0, 0.1) is 19.7 Å². The Morgan fingerprint density at radius 1 is 1.11 bits per heavy atom. The lowest BCUT2D eigenvalue weighted by atomic mass is 10.0. The van der Waals surface area contributed by atoms with E-state index in [2.05, 4.69) is 5.43 Å². The maximum atomic E-state index is 13.5. The number of methoxy groups -OCH3 is 1. The lowest BCUT2D eigenvalue weighted by Crippen LogP contribution is -2.56. The summed E-state index contributed by atoms with van der Waals surface area (Å²) in [6.07, 6.45) is 0. The predicted molar refractivity (Wildman–Crippen MR) is 102 cm³/mol. The van der Waals surface area contributed by atoms with Crippen LogP contribution in [0.5, 0.6) is 5.75 Å². The highest BCUT2D eigenvalue weighted by atomic mass is 19.1. The van der Waals surface area contributed by atoms with E-state index in [0.29, 0.717) is 28.0 Å². The van der Waals surface area contributed by atoms with Crippen LogP contribution >= 0.6 is 0 Å². The first kappa shape index (κ1) is 20.4. The highest BCUT2D eigenvalue weighted by molar-refractivity contribution is 6.00. The summed E-state index contributed by atoms with van der Waals surface area (Å²) >= 11 is 0. The number of rotatable bonds is 3. The van der Waals surface area contributed by atoms with E-state index in [0.717, 1.165) is 0 Å². The van der Waals surface area contributed by atoms with Crippen LogP contribution in [0.1, 0.15) is 52.6 Å². The molecule has 2 rings (SSSR count). The van der Waals surface area contributed by atoms with Gasteiger partial charge in [-0.1, -0.05) is 6.07 Å². The minimum Gasteiger partial charge on any atom is -0.496 e. The number of benzene rings is 2. The van der Waals surface area contributed by atoms with Crippen molar-refractivity contribution in [2.75, 3.05) is 7.11 Å². The SMILES string of the molecule is COc1cccc(C(=O)NN(C(=O)c2ccc(F)c(C)c2)C(C)(C)C)c1C. The summed E-state index contributed by atoms with van der Waals surface area (Å²) in [5.41, 5.74) is 3.75. The van der Waals surface area contributed by atoms with E-state index in [1.807, 2.05) is 0 Å². The lowest BCUT2D eigenvalue weighted by Gasteiger charge is -2.35. The molecule has 0 spiro atoms. The van der Waals surface area contributed by atoms with Crippen molar-refractivity contribution in [1.29, 1.82) is 0 Å². The molecule has 2 aromatic carbocycles. The van der Waals surface area contributed by atoms with Crippen LogP contribution < -0.4 is 10.2 Å². The van der Waals surface area contributed by atoms with E-state index in [9.17, 15) is 14.0 Å². The zero-order valence-electron chi connectivity index (χ0n) is 16.5. The van der Waals surface area contributed by atoms with Gasteiger partial charge in [0.1, 0.15) is 11.6 Å². The van der Waals surface area contributed by atoms with Crippen molar-refractivity contribution in [2.45, 2.75) is 40.2 Å². The fraction of sp³-hybridized carbons (Fsp3) is 0.333. The van der Waals surface area contributed by atoms with Crippen LogP contribution in [0.4, 0.5) is 4.39 Å². The fourth-order valence-electron chi connectivity index (χ4n) is 2.67. The maximum Gasteiger partial charge on any atom is 0.272 e. The third-order valence-corrected chi connectivity index (χ3v) is 4.24. The second kappa shape index (κ2) is 7.78. The topological polar surface area (TPSA) is 58.6 Å². The second-order valence-corrected chi connectivity index (χ2v) is 7.35. The average Bonchev–Trinajstić information content (AvgIpc) is 2.60. The molecule has 0 saturated heterocycles. The summed E-state index contributed by atoms with van der Waals surface area (Å²) in [5.74, 6) is -0.636. The molecule has 0 atom stereocenters. The van der Waals surface area contributed by atoms with Crippen LogP contribution in [-0.4, -0.2) is 29.5 Å². The molecule has 0 aliphatic carbocycles. The van der Waals surface area contributed by atoms with Crippen molar-refractivity contribution in [1.82, 2.24) is 10.4 Å². The summed E-state index contributed by atoms with van der Waals surface area (Å²) < 4.78 is 18.8. The molecule has 0 bridgehead atoms. The maximum absolute atomic E-state index is 13.5. The third-order valence-electron chi connectivity index (χ3n) is 4.24. The first-order valence-corrected chi connectivity index (χ1v) is 8.61. The minimum atomic E-state index is -0.693. The minimum absolute atomic E-state index is 0.298. The van der Waals surface area contributed by atoms with Crippen molar-refractivity contribution >= 4 is 11.8 Å². The summed E-state index contributed by atoms with van der Waals surface area (Å²) in [7, 11) is 1.53. The van der Waals surface area contributed by atoms with Gasteiger partial charge in [-0.3, -0.25) is 15.0 Å². The first-order valence-electron chi connectivity index (χ1n) is 8.61. The molecule has 1 N–H and O–H groups in total. The van der Waals surface area contributed by atoms with Crippen LogP contribution in [0.25, 0.3) is 0 Å². The molecule has 0 fully saturated rings. The van der Waals surface area contributed by atoms with E-state index in [-0.39, 0.29) is 5.82 Å². The molecule has 0 aromatic heterocycles. The molecule has 2 amide bonds. The molecule has 0 aliphatic heterocycles. The highest BCUT2D eigenvalue weighted by Gasteiger charge is 2.30. The molecular weight excluding hydrogens is 347 g/mol. The van der Waals surface area contributed by atoms with Gasteiger partial charge >= 0.3 is 0 Å². The van der Waals surface area contributed by atoms with Gasteiger partial charge in [0, 0.05) is 16.7 Å². The van der Waals surface area contributed by atoms with E-state index in [1.165, 1.54) is 30.3 Å². The average molecular weight is 372 g/mol. The molecule has 0 heterocycles. The number of aryl methyl sites for hydroxylation is 1. The van der Waals surface area contributed by atoms with Crippen molar-refractivity contribution < 1.29 is 18.7 Å². The number of carbonyl (C=O) groups is 2. The van der Waals surface area contributed by atoms with Gasteiger partial charge in [0.15, 0.2) is 0 Å². The number of carbonyl (C=O) groups excluding carboxylic acids is 2. The quantitative estimate of drug-likeness (QED) is 0.828. The number of hydrogen-bond acceptors (Lipinski definition) is 3. The largest absolute Gasteiger partial charge is 0.496 e. The Bertz CT molecular complexity index is 872. The van der Waals surface area contributed by atoms with Crippen molar-refractivity contribution in [3.05, 3.63) is 64.5 Å². The smallest absolute Gasteiger partial charge is 0.272 e. The fourth-order valence-corrected chi connectivity index (χ4v) is 2.67. The number of amides is 2. The van der Waals surface area contributed by atoms with Crippen molar-refractivity contribution in [3.63, 3.8) is 0 Å². The molecular formula is C21H25FN2O3. The Kier molecular flexibility index (Phi) is 5.88. The monoisotopic (exact) mass is 372 g/mol. The first-order chi connectivity index (χ1) is 12.6. The van der Waals surface area contributed by atoms with Crippen molar-refractivity contribution in [3.8, 4) is 5.75 Å². The Morgan fingerprint density at radius 3 is 2.33 bits per heavy atom. The number of halogens is 1. The highest BCUT2D eigenvalue weighted by Crippen LogP contribution is 2.22. The molecule has 6 heteroatoms. The number of ether oxygens (including phenoxy) is 1. The van der Waals surface area contributed by atoms with Gasteiger partial charge in [0.05, 0.1) is 12.6 Å². The molecule has 0 radical (unpaired) electrons. The molecule has 27 heavy (non-hydrogen) atoms. The summed E-state index contributed by atoms with van der Waals surface area (Å²) in [6.45, 7) is 8.78. The number of nitrogens with zero attached hydrogens (tertiary/aromatic N) is 1. The standard InChI is InChI=1S/C21H25FN2O3/c1-13-12-15(10-11-17(13)22)20(26)24(21(3,4)5)23-19(25)16-8-7-9-18(27-6)14(16)2/h7-12H,1-6H3,(H,23,25). The number of nitrogens with one attached hydrogen (secondary N) is 1. The van der Waals surface area contributed by atoms with E-state index in [1.54, 1.807) is 52.8 Å². The molecule has 0 aliphatic rings. The zero-order chi connectivity index (χ0) is 20.4. The van der Waals surface area contributed by atoms with Gasteiger partial charge in [-0.05, 0) is 70.5 Å². The van der Waals surface area contributed by atoms with Gasteiger partial charge in [0.2, 0.25) is 0 Å². The Hall–Kier alpha value is -2.89. The Morgan fingerprint density at radius 2 is 1.78 bits per heavy atom. The molecule has 144 valence electrons. The lowest BCUT2D eigenvalue weighted by molar-refractivity contribution is 0.0358.